The number of hydrogen-bond acceptors (Lipinski definition) is 6. The number of ether oxygens (including phenoxy) is 5. The number of methoxy groups -OCH3 is 1. The Morgan fingerprint density at radius 3 is 2.19 bits per heavy atom. The van der Waals surface area contributed by atoms with Crippen molar-refractivity contribution in [1.82, 2.24) is 0 Å². The number of para-hydroxylation sites is 1. The quantitative estimate of drug-likeness (QED) is 0.157. The fourth-order valence-electron chi connectivity index (χ4n) is 4.06. The van der Waals surface area contributed by atoms with E-state index in [-0.39, 0.29) is 18.3 Å². The van der Waals surface area contributed by atoms with Gasteiger partial charge in [-0.15, -0.1) is 0 Å². The number of fused-ring (bicyclic) bond motifs is 1. The molecule has 3 aromatic carbocycles. The summed E-state index contributed by atoms with van der Waals surface area (Å²) in [4.78, 5) is 13.2. The van der Waals surface area contributed by atoms with E-state index in [4.69, 9.17) is 35.3 Å². The van der Waals surface area contributed by atoms with Crippen LogP contribution in [-0.2, 0) is 11.2 Å². The summed E-state index contributed by atoms with van der Waals surface area (Å²) in [6, 6.07) is 12.8. The first-order valence-corrected chi connectivity index (χ1v) is 13.3. The van der Waals surface area contributed by atoms with Gasteiger partial charge in [0.1, 0.15) is 5.75 Å². The molecule has 0 N–H and O–H groups in total. The average molecular weight is 529 g/mol. The van der Waals surface area contributed by atoms with E-state index in [1.165, 1.54) is 0 Å². The topological polar surface area (TPSA) is 63.2 Å². The fourth-order valence-corrected chi connectivity index (χ4v) is 4.24. The molecule has 0 aliphatic carbocycles. The molecule has 1 unspecified atom stereocenters. The minimum absolute atomic E-state index is 0.0240. The molecule has 3 rings (SSSR count). The Bertz CT molecular complexity index is 1190. The molecule has 37 heavy (non-hydrogen) atoms. The molecule has 7 heteroatoms. The lowest BCUT2D eigenvalue weighted by Gasteiger charge is -2.24. The summed E-state index contributed by atoms with van der Waals surface area (Å²) in [5, 5.41) is 1.86. The van der Waals surface area contributed by atoms with Crippen LogP contribution >= 0.6 is 11.6 Å². The van der Waals surface area contributed by atoms with Crippen molar-refractivity contribution >= 4 is 28.3 Å². The standard InChI is InChI=1S/C30H37ClO6/c1-6-11-20(4)36-27-23-15-14-22(31)19-24(23)28(30(35-17-8-3)29(27)34-16-7-2)37-26(32)18-21-12-9-10-13-25(21)33-5/h9-10,12-15,19-20H,6-8,11,16-18H2,1-5H3. The Morgan fingerprint density at radius 2 is 1.54 bits per heavy atom. The number of rotatable bonds is 14. The smallest absolute Gasteiger partial charge is 0.315 e. The first-order chi connectivity index (χ1) is 17.9. The number of carbonyl (C=O) groups is 1. The highest BCUT2D eigenvalue weighted by molar-refractivity contribution is 6.31. The molecular weight excluding hydrogens is 492 g/mol. The lowest BCUT2D eigenvalue weighted by molar-refractivity contribution is -0.133. The summed E-state index contributed by atoms with van der Waals surface area (Å²) in [6.07, 6.45) is 3.38. The lowest BCUT2D eigenvalue weighted by Crippen LogP contribution is -2.16. The summed E-state index contributed by atoms with van der Waals surface area (Å²) < 4.78 is 30.3. The summed E-state index contributed by atoms with van der Waals surface area (Å²) in [5.41, 5.74) is 0.726. The average Bonchev–Trinajstić information content (AvgIpc) is 2.88. The Morgan fingerprint density at radius 1 is 0.865 bits per heavy atom. The molecule has 0 bridgehead atoms. The molecule has 0 heterocycles. The number of esters is 1. The van der Waals surface area contributed by atoms with Crippen LogP contribution in [0.25, 0.3) is 10.8 Å². The molecule has 0 saturated heterocycles. The van der Waals surface area contributed by atoms with Crippen LogP contribution in [0.1, 0.15) is 58.9 Å². The largest absolute Gasteiger partial charge is 0.496 e. The normalized spacial score (nSPS) is 11.7. The summed E-state index contributed by atoms with van der Waals surface area (Å²) >= 11 is 6.41. The minimum Gasteiger partial charge on any atom is -0.496 e. The van der Waals surface area contributed by atoms with E-state index in [1.807, 2.05) is 51.1 Å². The van der Waals surface area contributed by atoms with Gasteiger partial charge in [-0.3, -0.25) is 4.79 Å². The summed E-state index contributed by atoms with van der Waals surface area (Å²) in [7, 11) is 1.58. The van der Waals surface area contributed by atoms with E-state index >= 15 is 0 Å². The Hall–Kier alpha value is -3.12. The maximum Gasteiger partial charge on any atom is 0.315 e. The number of halogens is 1. The second kappa shape index (κ2) is 14.0. The zero-order valence-corrected chi connectivity index (χ0v) is 23.2. The Balaban J connectivity index is 2.18. The molecule has 200 valence electrons. The molecule has 6 nitrogen and oxygen atoms in total. The molecule has 0 aliphatic heterocycles. The molecule has 1 atom stereocenters. The third-order valence-electron chi connectivity index (χ3n) is 5.75. The van der Waals surface area contributed by atoms with Crippen LogP contribution in [-0.4, -0.2) is 32.4 Å². The molecule has 0 spiro atoms. The predicted molar refractivity (Wildman–Crippen MR) is 148 cm³/mol. The summed E-state index contributed by atoms with van der Waals surface area (Å²) in [5.74, 6) is 1.78. The van der Waals surface area contributed by atoms with Crippen LogP contribution in [0.5, 0.6) is 28.7 Å². The zero-order chi connectivity index (χ0) is 26.8. The number of carbonyl (C=O) groups excluding carboxylic acids is 1. The van der Waals surface area contributed by atoms with Crippen molar-refractivity contribution in [2.75, 3.05) is 20.3 Å². The Kier molecular flexibility index (Phi) is 10.8. The second-order valence-electron chi connectivity index (χ2n) is 8.88. The van der Waals surface area contributed by atoms with Gasteiger partial charge in [-0.25, -0.2) is 0 Å². The van der Waals surface area contributed by atoms with E-state index in [0.29, 0.717) is 46.6 Å². The number of hydrogen-bond donors (Lipinski definition) is 0. The predicted octanol–water partition coefficient (Wildman–Crippen LogP) is 7.79. The van der Waals surface area contributed by atoms with Crippen LogP contribution in [0.3, 0.4) is 0 Å². The van der Waals surface area contributed by atoms with Gasteiger partial charge in [-0.05, 0) is 50.5 Å². The molecular formula is C30H37ClO6. The first-order valence-electron chi connectivity index (χ1n) is 13.0. The van der Waals surface area contributed by atoms with Gasteiger partial charge in [-0.2, -0.15) is 0 Å². The van der Waals surface area contributed by atoms with Gasteiger partial charge in [0.25, 0.3) is 0 Å². The minimum atomic E-state index is -0.457. The van der Waals surface area contributed by atoms with E-state index in [1.54, 1.807) is 19.2 Å². The maximum atomic E-state index is 13.2. The van der Waals surface area contributed by atoms with Gasteiger partial charge in [0.05, 0.1) is 32.8 Å². The van der Waals surface area contributed by atoms with Crippen LogP contribution in [0.15, 0.2) is 42.5 Å². The van der Waals surface area contributed by atoms with Crippen LogP contribution in [0.2, 0.25) is 5.02 Å². The highest BCUT2D eigenvalue weighted by Crippen LogP contribution is 2.52. The third-order valence-corrected chi connectivity index (χ3v) is 5.98. The van der Waals surface area contributed by atoms with Crippen molar-refractivity contribution in [3.8, 4) is 28.7 Å². The fraction of sp³-hybridized carbons (Fsp3) is 0.433. The number of benzene rings is 3. The molecule has 0 fully saturated rings. The first kappa shape index (κ1) is 28.5. The van der Waals surface area contributed by atoms with E-state index in [9.17, 15) is 4.79 Å². The van der Waals surface area contributed by atoms with E-state index in [2.05, 4.69) is 6.92 Å². The molecule has 0 radical (unpaired) electrons. The van der Waals surface area contributed by atoms with Crippen molar-refractivity contribution in [2.45, 2.75) is 65.9 Å². The van der Waals surface area contributed by atoms with Crippen molar-refractivity contribution in [3.63, 3.8) is 0 Å². The van der Waals surface area contributed by atoms with Gasteiger partial charge in [0.15, 0.2) is 11.5 Å². The summed E-state index contributed by atoms with van der Waals surface area (Å²) in [6.45, 7) is 9.06. The van der Waals surface area contributed by atoms with Crippen molar-refractivity contribution < 1.29 is 28.5 Å². The van der Waals surface area contributed by atoms with Gasteiger partial charge < -0.3 is 23.7 Å². The SMILES string of the molecule is CCCOc1c(OCCC)c(OC(C)CCC)c2ccc(Cl)cc2c1OC(=O)Cc1ccccc1OC. The van der Waals surface area contributed by atoms with Crippen LogP contribution < -0.4 is 23.7 Å². The van der Waals surface area contributed by atoms with Crippen molar-refractivity contribution in [3.05, 3.63) is 53.1 Å². The van der Waals surface area contributed by atoms with E-state index in [0.717, 1.165) is 36.6 Å². The molecule has 0 saturated carbocycles. The lowest BCUT2D eigenvalue weighted by atomic mass is 10.1. The van der Waals surface area contributed by atoms with Gasteiger partial charge in [0, 0.05) is 21.4 Å². The van der Waals surface area contributed by atoms with Crippen LogP contribution in [0.4, 0.5) is 0 Å². The molecule has 3 aromatic rings. The second-order valence-corrected chi connectivity index (χ2v) is 9.32. The monoisotopic (exact) mass is 528 g/mol. The molecule has 0 aromatic heterocycles. The Labute approximate surface area is 224 Å². The highest BCUT2D eigenvalue weighted by atomic mass is 35.5. The van der Waals surface area contributed by atoms with Crippen molar-refractivity contribution in [2.24, 2.45) is 0 Å². The van der Waals surface area contributed by atoms with Gasteiger partial charge >= 0.3 is 5.97 Å². The molecule has 0 amide bonds. The maximum absolute atomic E-state index is 13.2. The highest BCUT2D eigenvalue weighted by Gasteiger charge is 2.28. The van der Waals surface area contributed by atoms with Gasteiger partial charge in [0.2, 0.25) is 11.5 Å². The van der Waals surface area contributed by atoms with Crippen molar-refractivity contribution in [1.29, 1.82) is 0 Å². The van der Waals surface area contributed by atoms with Crippen LogP contribution in [0, 0.1) is 0 Å². The van der Waals surface area contributed by atoms with E-state index < -0.39 is 5.97 Å². The van der Waals surface area contributed by atoms with Gasteiger partial charge in [-0.1, -0.05) is 57.0 Å². The zero-order valence-electron chi connectivity index (χ0n) is 22.4. The molecule has 0 aliphatic rings. The third kappa shape index (κ3) is 7.22.